The first-order valence-electron chi connectivity index (χ1n) is 7.65. The van der Waals surface area contributed by atoms with Crippen LogP contribution in [0, 0.1) is 10.1 Å². The molecule has 1 amide bonds. The Kier molecular flexibility index (Phi) is 4.67. The van der Waals surface area contributed by atoms with Crippen molar-refractivity contribution in [1.29, 1.82) is 0 Å². The van der Waals surface area contributed by atoms with Crippen molar-refractivity contribution in [2.75, 3.05) is 5.32 Å². The van der Waals surface area contributed by atoms with E-state index in [-0.39, 0.29) is 28.3 Å². The Morgan fingerprint density at radius 3 is 2.44 bits per heavy atom. The zero-order chi connectivity index (χ0) is 19.6. The van der Waals surface area contributed by atoms with E-state index in [2.05, 4.69) is 5.32 Å². The van der Waals surface area contributed by atoms with Crippen molar-refractivity contribution < 1.29 is 23.7 Å². The second kappa shape index (κ2) is 7.08. The van der Waals surface area contributed by atoms with Crippen molar-refractivity contribution in [3.05, 3.63) is 74.6 Å². The highest BCUT2D eigenvalue weighted by atomic mass is 16.6. The summed E-state index contributed by atoms with van der Waals surface area (Å²) in [6.45, 7) is 1.36. The molecule has 2 aromatic carbocycles. The summed E-state index contributed by atoms with van der Waals surface area (Å²) in [5, 5.41) is 13.6. The lowest BCUT2D eigenvalue weighted by Gasteiger charge is -2.06. The van der Waals surface area contributed by atoms with Crippen molar-refractivity contribution in [3.8, 4) is 5.75 Å². The van der Waals surface area contributed by atoms with Crippen LogP contribution in [0.4, 0.5) is 11.4 Å². The van der Waals surface area contributed by atoms with Crippen molar-refractivity contribution in [2.24, 2.45) is 0 Å². The zero-order valence-electron chi connectivity index (χ0n) is 13.9. The van der Waals surface area contributed by atoms with Crippen LogP contribution in [-0.4, -0.2) is 16.8 Å². The SMILES string of the molecule is CC(=O)Nc1ccc(OC(=O)c2cc3cc([N+](=O)[O-])ccc3oc2=O)cc1. The second-order valence-electron chi connectivity index (χ2n) is 5.52. The van der Waals surface area contributed by atoms with Gasteiger partial charge in [-0.05, 0) is 36.4 Å². The van der Waals surface area contributed by atoms with Gasteiger partial charge in [0.1, 0.15) is 16.9 Å². The smallest absolute Gasteiger partial charge is 0.351 e. The number of benzene rings is 2. The Hall–Kier alpha value is -4.01. The van der Waals surface area contributed by atoms with Crippen LogP contribution < -0.4 is 15.7 Å². The summed E-state index contributed by atoms with van der Waals surface area (Å²) >= 11 is 0. The molecule has 1 aromatic heterocycles. The molecule has 0 aliphatic carbocycles. The number of fused-ring (bicyclic) bond motifs is 1. The van der Waals surface area contributed by atoms with Gasteiger partial charge >= 0.3 is 11.6 Å². The molecule has 136 valence electrons. The number of hydrogen-bond acceptors (Lipinski definition) is 7. The van der Waals surface area contributed by atoms with Crippen molar-refractivity contribution in [1.82, 2.24) is 0 Å². The van der Waals surface area contributed by atoms with E-state index in [4.69, 9.17) is 9.15 Å². The number of non-ortho nitro benzene ring substituents is 1. The molecule has 27 heavy (non-hydrogen) atoms. The molecule has 0 saturated carbocycles. The number of nitro benzene ring substituents is 1. The first-order chi connectivity index (χ1) is 12.8. The maximum Gasteiger partial charge on any atom is 0.351 e. The number of nitrogens with zero attached hydrogens (tertiary/aromatic N) is 1. The average molecular weight is 368 g/mol. The normalized spacial score (nSPS) is 10.4. The Bertz CT molecular complexity index is 1120. The van der Waals surface area contributed by atoms with Crippen molar-refractivity contribution in [2.45, 2.75) is 6.92 Å². The van der Waals surface area contributed by atoms with E-state index in [0.717, 1.165) is 0 Å². The maximum atomic E-state index is 12.3. The summed E-state index contributed by atoms with van der Waals surface area (Å²) in [6.07, 6.45) is 0. The number of anilines is 1. The van der Waals surface area contributed by atoms with Gasteiger partial charge in [0.25, 0.3) is 5.69 Å². The van der Waals surface area contributed by atoms with Gasteiger partial charge in [0.15, 0.2) is 0 Å². The van der Waals surface area contributed by atoms with Crippen LogP contribution in [-0.2, 0) is 4.79 Å². The molecular weight excluding hydrogens is 356 g/mol. The van der Waals surface area contributed by atoms with Gasteiger partial charge in [0, 0.05) is 30.1 Å². The summed E-state index contributed by atoms with van der Waals surface area (Å²) < 4.78 is 10.1. The molecule has 9 heteroatoms. The third-order valence-corrected chi connectivity index (χ3v) is 3.53. The number of nitrogens with one attached hydrogen (secondary N) is 1. The van der Waals surface area contributed by atoms with Gasteiger partial charge in [-0.1, -0.05) is 0 Å². The highest BCUT2D eigenvalue weighted by molar-refractivity contribution is 5.94. The molecule has 0 atom stereocenters. The van der Waals surface area contributed by atoms with E-state index in [0.29, 0.717) is 5.69 Å². The Morgan fingerprint density at radius 2 is 1.81 bits per heavy atom. The molecule has 1 N–H and O–H groups in total. The Balaban J connectivity index is 1.88. The number of esters is 1. The first-order valence-corrected chi connectivity index (χ1v) is 7.65. The largest absolute Gasteiger partial charge is 0.423 e. The number of hydrogen-bond donors (Lipinski definition) is 1. The summed E-state index contributed by atoms with van der Waals surface area (Å²) in [7, 11) is 0. The van der Waals surface area contributed by atoms with Crippen molar-refractivity contribution in [3.63, 3.8) is 0 Å². The van der Waals surface area contributed by atoms with Crippen LogP contribution in [0.5, 0.6) is 5.75 Å². The third kappa shape index (κ3) is 3.98. The fourth-order valence-corrected chi connectivity index (χ4v) is 2.34. The second-order valence-corrected chi connectivity index (χ2v) is 5.52. The van der Waals surface area contributed by atoms with Crippen LogP contribution >= 0.6 is 0 Å². The molecule has 9 nitrogen and oxygen atoms in total. The maximum absolute atomic E-state index is 12.3. The minimum atomic E-state index is -0.968. The molecule has 3 rings (SSSR count). The van der Waals surface area contributed by atoms with Crippen LogP contribution in [0.15, 0.2) is 57.7 Å². The number of amides is 1. The number of rotatable bonds is 4. The van der Waals surface area contributed by atoms with E-state index < -0.39 is 22.1 Å². The quantitative estimate of drug-likeness (QED) is 0.246. The number of carbonyl (C=O) groups excluding carboxylic acids is 2. The van der Waals surface area contributed by atoms with Crippen molar-refractivity contribution >= 4 is 34.2 Å². The lowest BCUT2D eigenvalue weighted by Crippen LogP contribution is -2.18. The molecule has 0 spiro atoms. The molecule has 1 heterocycles. The number of carbonyl (C=O) groups is 2. The molecule has 0 bridgehead atoms. The van der Waals surface area contributed by atoms with E-state index in [1.165, 1.54) is 55.5 Å². The number of nitro groups is 1. The lowest BCUT2D eigenvalue weighted by atomic mass is 10.1. The Labute approximate surface area is 151 Å². The summed E-state index contributed by atoms with van der Waals surface area (Å²) in [4.78, 5) is 45.5. The standard InChI is InChI=1S/C18H12N2O7/c1-10(21)19-12-2-5-14(6-3-12)26-17(22)15-9-11-8-13(20(24)25)4-7-16(11)27-18(15)23/h2-9H,1H3,(H,19,21). The minimum absolute atomic E-state index is 0.113. The van der Waals surface area contributed by atoms with Gasteiger partial charge in [-0.15, -0.1) is 0 Å². The summed E-state index contributed by atoms with van der Waals surface area (Å²) in [5.41, 5.74) is -0.893. The molecule has 0 unspecified atom stereocenters. The van der Waals surface area contributed by atoms with E-state index in [1.807, 2.05) is 0 Å². The van der Waals surface area contributed by atoms with Gasteiger partial charge < -0.3 is 14.5 Å². The highest BCUT2D eigenvalue weighted by Crippen LogP contribution is 2.21. The molecular formula is C18H12N2O7. The fourth-order valence-electron chi connectivity index (χ4n) is 2.34. The predicted molar refractivity (Wildman–Crippen MR) is 94.8 cm³/mol. The van der Waals surface area contributed by atoms with Gasteiger partial charge in [-0.2, -0.15) is 0 Å². The summed E-state index contributed by atoms with van der Waals surface area (Å²) in [5.74, 6) is -1.07. The predicted octanol–water partition coefficient (Wildman–Crippen LogP) is 2.88. The summed E-state index contributed by atoms with van der Waals surface area (Å²) in [6, 6.07) is 10.8. The monoisotopic (exact) mass is 368 g/mol. The molecule has 0 fully saturated rings. The fraction of sp³-hybridized carbons (Fsp3) is 0.0556. The van der Waals surface area contributed by atoms with Crippen LogP contribution in [0.25, 0.3) is 11.0 Å². The van der Waals surface area contributed by atoms with E-state index >= 15 is 0 Å². The highest BCUT2D eigenvalue weighted by Gasteiger charge is 2.17. The van der Waals surface area contributed by atoms with Gasteiger partial charge in [-0.3, -0.25) is 14.9 Å². The molecule has 0 aliphatic heterocycles. The van der Waals surface area contributed by atoms with E-state index in [9.17, 15) is 24.5 Å². The zero-order valence-corrected chi connectivity index (χ0v) is 13.9. The Morgan fingerprint density at radius 1 is 1.11 bits per heavy atom. The molecule has 3 aromatic rings. The average Bonchev–Trinajstić information content (AvgIpc) is 2.61. The minimum Gasteiger partial charge on any atom is -0.423 e. The van der Waals surface area contributed by atoms with Gasteiger partial charge in [-0.25, -0.2) is 9.59 Å². The van der Waals surface area contributed by atoms with E-state index in [1.54, 1.807) is 0 Å². The molecule has 0 radical (unpaired) electrons. The molecule has 0 saturated heterocycles. The third-order valence-electron chi connectivity index (χ3n) is 3.53. The van der Waals surface area contributed by atoms with Crippen LogP contribution in [0.3, 0.4) is 0 Å². The lowest BCUT2D eigenvalue weighted by molar-refractivity contribution is -0.384. The molecule has 0 aliphatic rings. The topological polar surface area (TPSA) is 129 Å². The van der Waals surface area contributed by atoms with Crippen LogP contribution in [0.2, 0.25) is 0 Å². The van der Waals surface area contributed by atoms with Crippen LogP contribution in [0.1, 0.15) is 17.3 Å². The number of ether oxygens (including phenoxy) is 1. The first kappa shape index (κ1) is 17.8. The van der Waals surface area contributed by atoms with Gasteiger partial charge in [0.05, 0.1) is 4.92 Å². The van der Waals surface area contributed by atoms with Gasteiger partial charge in [0.2, 0.25) is 5.91 Å².